The van der Waals surface area contributed by atoms with Gasteiger partial charge in [-0.15, -0.1) is 0 Å². The molecule has 1 N–H and O–H groups in total. The van der Waals surface area contributed by atoms with Crippen molar-refractivity contribution >= 4 is 11.8 Å². The highest BCUT2D eigenvalue weighted by molar-refractivity contribution is 7.99. The number of hydrogen-bond donors (Lipinski definition) is 1. The quantitative estimate of drug-likeness (QED) is 0.894. The van der Waals surface area contributed by atoms with Gasteiger partial charge in [-0.2, -0.15) is 5.10 Å². The van der Waals surface area contributed by atoms with Crippen molar-refractivity contribution < 1.29 is 0 Å². The summed E-state index contributed by atoms with van der Waals surface area (Å²) < 4.78 is 3.95. The maximum Gasteiger partial charge on any atom is 0.174 e. The van der Waals surface area contributed by atoms with Crippen molar-refractivity contribution in [2.24, 2.45) is 14.1 Å². The zero-order valence-electron chi connectivity index (χ0n) is 11.3. The first kappa shape index (κ1) is 13.2. The minimum Gasteiger partial charge on any atom is -0.329 e. The summed E-state index contributed by atoms with van der Waals surface area (Å²) in [5.74, 6) is 0. The molecule has 0 spiro atoms. The summed E-state index contributed by atoms with van der Waals surface area (Å²) in [6.45, 7) is 5.97. The molecule has 0 saturated carbocycles. The molecule has 0 unspecified atom stereocenters. The summed E-state index contributed by atoms with van der Waals surface area (Å²) in [6, 6.07) is 0. The van der Waals surface area contributed by atoms with Crippen LogP contribution in [0.25, 0.3) is 0 Å². The van der Waals surface area contributed by atoms with E-state index in [-0.39, 0.29) is 0 Å². The second kappa shape index (κ2) is 5.58. The molecule has 18 heavy (non-hydrogen) atoms. The number of nitrogens with one attached hydrogen (secondary N) is 1. The van der Waals surface area contributed by atoms with Crippen LogP contribution >= 0.6 is 11.8 Å². The zero-order chi connectivity index (χ0) is 13.1. The fourth-order valence-corrected chi connectivity index (χ4v) is 2.81. The van der Waals surface area contributed by atoms with E-state index in [0.29, 0.717) is 0 Å². The van der Waals surface area contributed by atoms with Crippen LogP contribution in [0.3, 0.4) is 0 Å². The molecular formula is C12H19N5S. The number of aryl methyl sites for hydroxylation is 3. The Balaban J connectivity index is 2.28. The molecule has 2 aromatic rings. The number of aromatic nitrogens is 4. The molecule has 2 heterocycles. The topological polar surface area (TPSA) is 47.7 Å². The molecule has 0 saturated heterocycles. The fraction of sp³-hybridized carbons (Fsp3) is 0.500. The summed E-state index contributed by atoms with van der Waals surface area (Å²) >= 11 is 1.66. The molecule has 0 aliphatic heterocycles. The molecule has 0 aliphatic carbocycles. The van der Waals surface area contributed by atoms with Crippen LogP contribution in [0.5, 0.6) is 0 Å². The smallest absolute Gasteiger partial charge is 0.174 e. The first-order valence-corrected chi connectivity index (χ1v) is 6.83. The number of imidazole rings is 1. The maximum absolute atomic E-state index is 4.49. The predicted molar refractivity (Wildman–Crippen MR) is 72.7 cm³/mol. The van der Waals surface area contributed by atoms with Crippen molar-refractivity contribution in [1.82, 2.24) is 24.6 Å². The van der Waals surface area contributed by atoms with E-state index in [1.165, 1.54) is 5.56 Å². The molecule has 0 aliphatic rings. The Bertz CT molecular complexity index is 529. The predicted octanol–water partition coefficient (Wildman–Crippen LogP) is 1.72. The average Bonchev–Trinajstić information content (AvgIpc) is 2.84. The Morgan fingerprint density at radius 3 is 2.78 bits per heavy atom. The van der Waals surface area contributed by atoms with Crippen LogP contribution in [0.2, 0.25) is 0 Å². The van der Waals surface area contributed by atoms with Gasteiger partial charge in [-0.1, -0.05) is 6.92 Å². The molecule has 0 fully saturated rings. The average molecular weight is 265 g/mol. The van der Waals surface area contributed by atoms with Gasteiger partial charge in [-0.3, -0.25) is 4.68 Å². The Labute approximate surface area is 112 Å². The molecule has 0 bridgehead atoms. The second-order valence-electron chi connectivity index (χ2n) is 4.20. The van der Waals surface area contributed by atoms with Gasteiger partial charge in [-0.05, 0) is 25.2 Å². The highest BCUT2D eigenvalue weighted by Crippen LogP contribution is 2.30. The third kappa shape index (κ3) is 2.59. The summed E-state index contributed by atoms with van der Waals surface area (Å²) in [4.78, 5) is 4.35. The molecule has 0 radical (unpaired) electrons. The lowest BCUT2D eigenvalue weighted by molar-refractivity contribution is 0.670. The Morgan fingerprint density at radius 1 is 1.39 bits per heavy atom. The van der Waals surface area contributed by atoms with Crippen molar-refractivity contribution in [2.75, 3.05) is 6.54 Å². The van der Waals surface area contributed by atoms with Crippen LogP contribution in [0.4, 0.5) is 0 Å². The van der Waals surface area contributed by atoms with E-state index in [9.17, 15) is 0 Å². The van der Waals surface area contributed by atoms with E-state index >= 15 is 0 Å². The van der Waals surface area contributed by atoms with Crippen LogP contribution in [-0.4, -0.2) is 25.9 Å². The van der Waals surface area contributed by atoms with Gasteiger partial charge >= 0.3 is 0 Å². The van der Waals surface area contributed by atoms with Crippen LogP contribution in [0, 0.1) is 6.92 Å². The van der Waals surface area contributed by atoms with Gasteiger partial charge in [0, 0.05) is 38.6 Å². The summed E-state index contributed by atoms with van der Waals surface area (Å²) in [5.41, 5.74) is 2.34. The van der Waals surface area contributed by atoms with Gasteiger partial charge in [0.25, 0.3) is 0 Å². The van der Waals surface area contributed by atoms with Crippen molar-refractivity contribution in [2.45, 2.75) is 30.6 Å². The normalized spacial score (nSPS) is 11.1. The molecule has 2 rings (SSSR count). The molecule has 98 valence electrons. The molecule has 5 nitrogen and oxygen atoms in total. The van der Waals surface area contributed by atoms with E-state index in [1.807, 2.05) is 35.7 Å². The largest absolute Gasteiger partial charge is 0.329 e. The van der Waals surface area contributed by atoms with E-state index in [4.69, 9.17) is 0 Å². The van der Waals surface area contributed by atoms with Crippen molar-refractivity contribution in [3.63, 3.8) is 0 Å². The van der Waals surface area contributed by atoms with Gasteiger partial charge in [0.1, 0.15) is 5.03 Å². The third-order valence-corrected chi connectivity index (χ3v) is 4.09. The Hall–Kier alpha value is -1.27. The zero-order valence-corrected chi connectivity index (χ0v) is 12.1. The van der Waals surface area contributed by atoms with Crippen LogP contribution in [0.15, 0.2) is 22.6 Å². The highest BCUT2D eigenvalue weighted by atomic mass is 32.2. The number of rotatable bonds is 5. The minimum absolute atomic E-state index is 0.850. The van der Waals surface area contributed by atoms with E-state index in [1.54, 1.807) is 11.8 Å². The van der Waals surface area contributed by atoms with Crippen molar-refractivity contribution in [3.05, 3.63) is 23.7 Å². The molecule has 6 heteroatoms. The summed E-state index contributed by atoms with van der Waals surface area (Å²) in [7, 11) is 3.98. The van der Waals surface area contributed by atoms with Crippen LogP contribution in [-0.2, 0) is 20.6 Å². The van der Waals surface area contributed by atoms with E-state index < -0.39 is 0 Å². The monoisotopic (exact) mass is 265 g/mol. The van der Waals surface area contributed by atoms with E-state index in [2.05, 4.69) is 29.2 Å². The lowest BCUT2D eigenvalue weighted by atomic mass is 10.2. The molecular weight excluding hydrogens is 246 g/mol. The van der Waals surface area contributed by atoms with Gasteiger partial charge in [-0.25, -0.2) is 4.98 Å². The second-order valence-corrected chi connectivity index (χ2v) is 5.15. The van der Waals surface area contributed by atoms with Gasteiger partial charge in [0.05, 0.1) is 5.69 Å². The molecule has 0 aromatic carbocycles. The first-order chi connectivity index (χ1) is 8.63. The van der Waals surface area contributed by atoms with Crippen LogP contribution in [0.1, 0.15) is 18.2 Å². The number of hydrogen-bond acceptors (Lipinski definition) is 4. The first-order valence-electron chi connectivity index (χ1n) is 6.01. The SMILES string of the molecule is CCNCc1c(C)nn(C)c1Sc1nccn1C. The highest BCUT2D eigenvalue weighted by Gasteiger charge is 2.15. The molecule has 0 atom stereocenters. The number of nitrogens with zero attached hydrogens (tertiary/aromatic N) is 4. The molecule has 0 amide bonds. The maximum atomic E-state index is 4.49. The van der Waals surface area contributed by atoms with Crippen molar-refractivity contribution in [1.29, 1.82) is 0 Å². The standard InChI is InChI=1S/C12H19N5S/c1-5-13-8-10-9(2)15-17(4)11(10)18-12-14-6-7-16(12)3/h6-7,13H,5,8H2,1-4H3. The van der Waals surface area contributed by atoms with Gasteiger partial charge < -0.3 is 9.88 Å². The minimum atomic E-state index is 0.850. The van der Waals surface area contributed by atoms with Crippen molar-refractivity contribution in [3.8, 4) is 0 Å². The van der Waals surface area contributed by atoms with Gasteiger partial charge in [0.2, 0.25) is 0 Å². The Kier molecular flexibility index (Phi) is 4.08. The summed E-state index contributed by atoms with van der Waals surface area (Å²) in [5, 5.41) is 9.99. The lowest BCUT2D eigenvalue weighted by Crippen LogP contribution is -2.13. The van der Waals surface area contributed by atoms with Crippen LogP contribution < -0.4 is 5.32 Å². The lowest BCUT2D eigenvalue weighted by Gasteiger charge is -2.06. The summed E-state index contributed by atoms with van der Waals surface area (Å²) in [6.07, 6.45) is 3.77. The van der Waals surface area contributed by atoms with Gasteiger partial charge in [0.15, 0.2) is 5.16 Å². The third-order valence-electron chi connectivity index (χ3n) is 2.81. The Morgan fingerprint density at radius 2 is 2.17 bits per heavy atom. The fourth-order valence-electron chi connectivity index (χ4n) is 1.80. The molecule has 2 aromatic heterocycles. The van der Waals surface area contributed by atoms with E-state index in [0.717, 1.165) is 29.0 Å².